The first kappa shape index (κ1) is 16.6. The fourth-order valence-electron chi connectivity index (χ4n) is 3.64. The normalized spacial score (nSPS) is 25.1. The van der Waals surface area contributed by atoms with E-state index in [-0.39, 0.29) is 30.2 Å². The maximum Gasteiger partial charge on any atom is 0.244 e. The summed E-state index contributed by atoms with van der Waals surface area (Å²) in [5, 5.41) is 2.74. The minimum Gasteiger partial charge on any atom is -0.345 e. The highest BCUT2D eigenvalue weighted by Crippen LogP contribution is 2.30. The summed E-state index contributed by atoms with van der Waals surface area (Å²) in [6.45, 7) is 1.63. The molecule has 1 atom stereocenters. The highest BCUT2D eigenvalue weighted by molar-refractivity contribution is 7.99. The Hall–Kier alpha value is -1.24. The van der Waals surface area contributed by atoms with Gasteiger partial charge >= 0.3 is 0 Å². The fourth-order valence-corrected chi connectivity index (χ4v) is 4.81. The largest absolute Gasteiger partial charge is 0.345 e. The summed E-state index contributed by atoms with van der Waals surface area (Å²) >= 11 is 1.61. The molecule has 1 N–H and O–H groups in total. The van der Waals surface area contributed by atoms with E-state index in [1.165, 1.54) is 0 Å². The fraction of sp³-hybridized carbons (Fsp3) is 0.812. The molecular weight excluding hydrogens is 314 g/mol. The van der Waals surface area contributed by atoms with Crippen molar-refractivity contribution in [2.75, 3.05) is 31.3 Å². The standard InChI is InChI=1S/C16H25N3O3S/c20-14(18-7-3-4-8-18)9-17-15(21)13-10-23-11-19(13)16(22)12-5-1-2-6-12/h12-13H,1-11H2,(H,17,21). The lowest BCUT2D eigenvalue weighted by molar-refractivity contribution is -0.141. The van der Waals surface area contributed by atoms with Gasteiger partial charge in [-0.05, 0) is 25.7 Å². The van der Waals surface area contributed by atoms with E-state index < -0.39 is 6.04 Å². The first-order valence-corrected chi connectivity index (χ1v) is 9.76. The van der Waals surface area contributed by atoms with Crippen molar-refractivity contribution in [3.05, 3.63) is 0 Å². The van der Waals surface area contributed by atoms with Crippen LogP contribution in [0.2, 0.25) is 0 Å². The maximum absolute atomic E-state index is 12.6. The van der Waals surface area contributed by atoms with Crippen molar-refractivity contribution in [1.82, 2.24) is 15.1 Å². The molecule has 0 aromatic rings. The van der Waals surface area contributed by atoms with Crippen LogP contribution in [0.5, 0.6) is 0 Å². The molecule has 23 heavy (non-hydrogen) atoms. The zero-order valence-electron chi connectivity index (χ0n) is 13.5. The van der Waals surface area contributed by atoms with E-state index in [1.54, 1.807) is 21.6 Å². The quantitative estimate of drug-likeness (QED) is 0.823. The first-order valence-electron chi connectivity index (χ1n) is 8.60. The van der Waals surface area contributed by atoms with E-state index in [0.717, 1.165) is 51.6 Å². The van der Waals surface area contributed by atoms with Gasteiger partial charge in [0.2, 0.25) is 17.7 Å². The second-order valence-corrected chi connectivity index (χ2v) is 7.61. The lowest BCUT2D eigenvalue weighted by Crippen LogP contribution is -2.50. The third kappa shape index (κ3) is 3.82. The van der Waals surface area contributed by atoms with Crippen LogP contribution in [-0.2, 0) is 14.4 Å². The highest BCUT2D eigenvalue weighted by Gasteiger charge is 2.38. The Labute approximate surface area is 141 Å². The van der Waals surface area contributed by atoms with Crippen LogP contribution in [0.3, 0.4) is 0 Å². The van der Waals surface area contributed by atoms with Gasteiger partial charge in [-0.1, -0.05) is 12.8 Å². The van der Waals surface area contributed by atoms with E-state index in [1.807, 2.05) is 0 Å². The number of hydrogen-bond acceptors (Lipinski definition) is 4. The van der Waals surface area contributed by atoms with Crippen molar-refractivity contribution in [2.45, 2.75) is 44.6 Å². The Morgan fingerprint density at radius 1 is 1.04 bits per heavy atom. The molecular formula is C16H25N3O3S. The van der Waals surface area contributed by atoms with Crippen LogP contribution in [-0.4, -0.2) is 64.8 Å². The van der Waals surface area contributed by atoms with Gasteiger partial charge in [0, 0.05) is 24.8 Å². The number of thioether (sulfide) groups is 1. The van der Waals surface area contributed by atoms with Crippen LogP contribution in [0.25, 0.3) is 0 Å². The molecule has 2 aliphatic heterocycles. The molecule has 1 unspecified atom stereocenters. The van der Waals surface area contributed by atoms with Gasteiger partial charge in [0.05, 0.1) is 12.4 Å². The minimum atomic E-state index is -0.417. The zero-order valence-corrected chi connectivity index (χ0v) is 14.3. The second kappa shape index (κ2) is 7.55. The number of likely N-dealkylation sites (tertiary alicyclic amines) is 1. The number of carbonyl (C=O) groups is 3. The van der Waals surface area contributed by atoms with Crippen molar-refractivity contribution >= 4 is 29.5 Å². The van der Waals surface area contributed by atoms with E-state index in [0.29, 0.717) is 11.6 Å². The average molecular weight is 339 g/mol. The van der Waals surface area contributed by atoms with Gasteiger partial charge in [-0.25, -0.2) is 0 Å². The molecule has 0 aromatic heterocycles. The molecule has 3 rings (SSSR count). The van der Waals surface area contributed by atoms with Crippen molar-refractivity contribution in [1.29, 1.82) is 0 Å². The predicted molar refractivity (Wildman–Crippen MR) is 88.7 cm³/mol. The Kier molecular flexibility index (Phi) is 5.46. The molecule has 7 heteroatoms. The molecule has 6 nitrogen and oxygen atoms in total. The number of hydrogen-bond donors (Lipinski definition) is 1. The second-order valence-electron chi connectivity index (χ2n) is 6.61. The Bertz CT molecular complexity index is 473. The predicted octanol–water partition coefficient (Wildman–Crippen LogP) is 0.817. The zero-order chi connectivity index (χ0) is 16.2. The summed E-state index contributed by atoms with van der Waals surface area (Å²) in [4.78, 5) is 40.5. The van der Waals surface area contributed by atoms with Crippen LogP contribution in [0.15, 0.2) is 0 Å². The summed E-state index contributed by atoms with van der Waals surface area (Å²) in [7, 11) is 0. The topological polar surface area (TPSA) is 69.7 Å². The number of nitrogens with one attached hydrogen (secondary N) is 1. The summed E-state index contributed by atoms with van der Waals surface area (Å²) in [5.74, 6) is 1.23. The summed E-state index contributed by atoms with van der Waals surface area (Å²) < 4.78 is 0. The van der Waals surface area contributed by atoms with E-state index in [2.05, 4.69) is 5.32 Å². The van der Waals surface area contributed by atoms with Gasteiger partial charge in [0.15, 0.2) is 0 Å². The van der Waals surface area contributed by atoms with Crippen LogP contribution < -0.4 is 5.32 Å². The molecule has 0 radical (unpaired) electrons. The van der Waals surface area contributed by atoms with Gasteiger partial charge in [-0.3, -0.25) is 14.4 Å². The summed E-state index contributed by atoms with van der Waals surface area (Å²) in [6, 6.07) is -0.417. The third-order valence-corrected chi connectivity index (χ3v) is 6.06. The van der Waals surface area contributed by atoms with Crippen molar-refractivity contribution in [3.8, 4) is 0 Å². The average Bonchev–Trinajstić information content (AvgIpc) is 3.33. The smallest absolute Gasteiger partial charge is 0.244 e. The molecule has 3 fully saturated rings. The number of carbonyl (C=O) groups excluding carboxylic acids is 3. The Morgan fingerprint density at radius 2 is 1.74 bits per heavy atom. The molecule has 0 bridgehead atoms. The molecule has 0 aromatic carbocycles. The molecule has 3 amide bonds. The Balaban J connectivity index is 1.51. The minimum absolute atomic E-state index is 0.0184. The summed E-state index contributed by atoms with van der Waals surface area (Å²) in [6.07, 6.45) is 6.20. The van der Waals surface area contributed by atoms with Gasteiger partial charge in [-0.15, -0.1) is 11.8 Å². The van der Waals surface area contributed by atoms with Crippen LogP contribution >= 0.6 is 11.8 Å². The monoisotopic (exact) mass is 339 g/mol. The Morgan fingerprint density at radius 3 is 2.43 bits per heavy atom. The SMILES string of the molecule is O=C(NCC(=O)N1CCCC1)C1CSCN1C(=O)C1CCCC1. The third-order valence-electron chi connectivity index (χ3n) is 5.05. The molecule has 3 aliphatic rings. The molecule has 128 valence electrons. The van der Waals surface area contributed by atoms with Crippen molar-refractivity contribution in [3.63, 3.8) is 0 Å². The van der Waals surface area contributed by atoms with Gasteiger partial charge in [0.25, 0.3) is 0 Å². The number of amides is 3. The highest BCUT2D eigenvalue weighted by atomic mass is 32.2. The van der Waals surface area contributed by atoms with E-state index in [4.69, 9.17) is 0 Å². The molecule has 1 saturated carbocycles. The van der Waals surface area contributed by atoms with Crippen LogP contribution in [0, 0.1) is 5.92 Å². The van der Waals surface area contributed by atoms with E-state index in [9.17, 15) is 14.4 Å². The molecule has 2 saturated heterocycles. The lowest BCUT2D eigenvalue weighted by Gasteiger charge is -2.26. The van der Waals surface area contributed by atoms with Crippen molar-refractivity contribution < 1.29 is 14.4 Å². The van der Waals surface area contributed by atoms with Crippen LogP contribution in [0.1, 0.15) is 38.5 Å². The van der Waals surface area contributed by atoms with Gasteiger partial charge in [-0.2, -0.15) is 0 Å². The van der Waals surface area contributed by atoms with Crippen LogP contribution in [0.4, 0.5) is 0 Å². The maximum atomic E-state index is 12.6. The molecule has 0 spiro atoms. The number of rotatable bonds is 4. The van der Waals surface area contributed by atoms with Crippen molar-refractivity contribution in [2.24, 2.45) is 5.92 Å². The van der Waals surface area contributed by atoms with Gasteiger partial charge < -0.3 is 15.1 Å². The van der Waals surface area contributed by atoms with E-state index >= 15 is 0 Å². The van der Waals surface area contributed by atoms with Gasteiger partial charge in [0.1, 0.15) is 6.04 Å². The number of nitrogens with zero attached hydrogens (tertiary/aromatic N) is 2. The summed E-state index contributed by atoms with van der Waals surface area (Å²) in [5.41, 5.74) is 0. The molecule has 1 aliphatic carbocycles. The first-order chi connectivity index (χ1) is 11.2. The molecule has 2 heterocycles. The lowest BCUT2D eigenvalue weighted by atomic mass is 10.1.